The van der Waals surface area contributed by atoms with E-state index in [4.69, 9.17) is 5.14 Å². The van der Waals surface area contributed by atoms with Crippen LogP contribution in [0.15, 0.2) is 83.9 Å². The lowest BCUT2D eigenvalue weighted by Crippen LogP contribution is -2.40. The van der Waals surface area contributed by atoms with Crippen molar-refractivity contribution in [1.82, 2.24) is 4.98 Å². The molecule has 1 unspecified atom stereocenters. The molecule has 8 heteroatoms. The molecule has 0 fully saturated rings. The maximum Gasteiger partial charge on any atom is 0.268 e. The fraction of sp³-hybridized carbons (Fsp3) is 0.0870. The molecule has 0 spiro atoms. The average Bonchev–Trinajstić information content (AvgIpc) is 3.31. The number of aliphatic hydroxyl groups is 1. The van der Waals surface area contributed by atoms with E-state index in [9.17, 15) is 18.3 Å². The Morgan fingerprint density at radius 2 is 1.74 bits per heavy atom. The first-order valence-corrected chi connectivity index (χ1v) is 11.2. The molecule has 5 rings (SSSR count). The Morgan fingerprint density at radius 1 is 1.00 bits per heavy atom. The summed E-state index contributed by atoms with van der Waals surface area (Å²) in [5, 5.41) is 17.8. The number of para-hydroxylation sites is 1. The second kappa shape index (κ2) is 6.78. The van der Waals surface area contributed by atoms with Gasteiger partial charge in [0.05, 0.1) is 17.1 Å². The third-order valence-corrected chi connectivity index (χ3v) is 6.63. The van der Waals surface area contributed by atoms with Crippen molar-refractivity contribution in [3.05, 3.63) is 95.7 Å². The smallest absolute Gasteiger partial charge is 0.268 e. The highest BCUT2D eigenvalue weighted by molar-refractivity contribution is 7.89. The molecule has 4 N–H and O–H groups in total. The van der Waals surface area contributed by atoms with Gasteiger partial charge in [0, 0.05) is 17.3 Å². The van der Waals surface area contributed by atoms with E-state index in [1.54, 1.807) is 23.1 Å². The summed E-state index contributed by atoms with van der Waals surface area (Å²) in [6, 6.07) is 20.3. The number of sulfonamides is 1. The zero-order valence-corrected chi connectivity index (χ0v) is 17.1. The summed E-state index contributed by atoms with van der Waals surface area (Å²) in [5.74, 6) is -0.494. The van der Waals surface area contributed by atoms with E-state index in [0.29, 0.717) is 11.3 Å². The van der Waals surface area contributed by atoms with Crippen molar-refractivity contribution in [3.8, 4) is 0 Å². The lowest BCUT2D eigenvalue weighted by atomic mass is 9.87. The van der Waals surface area contributed by atoms with Crippen molar-refractivity contribution in [2.24, 2.45) is 5.14 Å². The molecule has 1 aliphatic heterocycles. The minimum absolute atomic E-state index is 0.0877. The van der Waals surface area contributed by atoms with Crippen molar-refractivity contribution in [3.63, 3.8) is 0 Å². The highest BCUT2D eigenvalue weighted by Crippen LogP contribution is 2.45. The molecule has 0 radical (unpaired) electrons. The number of benzene rings is 3. The third-order valence-electron chi connectivity index (χ3n) is 5.70. The molecule has 7 nitrogen and oxygen atoms in total. The number of hydrogen-bond acceptors (Lipinski definition) is 4. The molecular formula is C23H19N3O4S. The summed E-state index contributed by atoms with van der Waals surface area (Å²) in [4.78, 5) is 18.1. The Labute approximate surface area is 178 Å². The number of rotatable bonds is 4. The topological polar surface area (TPSA) is 116 Å². The summed E-state index contributed by atoms with van der Waals surface area (Å²) in [5.41, 5.74) is 1.34. The lowest BCUT2D eigenvalue weighted by molar-refractivity contribution is -0.132. The van der Waals surface area contributed by atoms with E-state index in [0.717, 1.165) is 16.5 Å². The van der Waals surface area contributed by atoms with Crippen molar-refractivity contribution in [2.75, 3.05) is 4.90 Å². The molecule has 0 saturated heterocycles. The van der Waals surface area contributed by atoms with Gasteiger partial charge in [0.2, 0.25) is 10.0 Å². The number of carbonyl (C=O) groups is 1. The predicted octanol–water partition coefficient (Wildman–Crippen LogP) is 2.60. The summed E-state index contributed by atoms with van der Waals surface area (Å²) in [6.07, 6.45) is 1.86. The van der Waals surface area contributed by atoms with E-state index in [-0.39, 0.29) is 17.0 Å². The minimum Gasteiger partial charge on any atom is -0.372 e. The molecule has 0 bridgehead atoms. The summed E-state index contributed by atoms with van der Waals surface area (Å²) >= 11 is 0. The van der Waals surface area contributed by atoms with Crippen LogP contribution in [-0.4, -0.2) is 24.4 Å². The minimum atomic E-state index is -3.88. The number of amides is 1. The number of aromatic amines is 1. The van der Waals surface area contributed by atoms with Gasteiger partial charge in [-0.3, -0.25) is 4.79 Å². The molecule has 0 aliphatic carbocycles. The molecule has 1 aromatic heterocycles. The first kappa shape index (κ1) is 19.5. The van der Waals surface area contributed by atoms with Crippen LogP contribution >= 0.6 is 0 Å². The van der Waals surface area contributed by atoms with Gasteiger partial charge in [-0.1, -0.05) is 36.4 Å². The number of anilines is 1. The first-order valence-electron chi connectivity index (χ1n) is 9.62. The monoisotopic (exact) mass is 433 g/mol. The number of nitrogens with one attached hydrogen (secondary N) is 1. The van der Waals surface area contributed by atoms with Gasteiger partial charge in [0.25, 0.3) is 5.91 Å². The molecular weight excluding hydrogens is 414 g/mol. The number of nitrogens with zero attached hydrogens (tertiary/aromatic N) is 1. The zero-order valence-electron chi connectivity index (χ0n) is 16.3. The van der Waals surface area contributed by atoms with Crippen LogP contribution in [0.2, 0.25) is 0 Å². The highest BCUT2D eigenvalue weighted by Gasteiger charge is 2.50. The van der Waals surface area contributed by atoms with Gasteiger partial charge < -0.3 is 15.0 Å². The predicted molar refractivity (Wildman–Crippen MR) is 117 cm³/mol. The number of hydrogen-bond donors (Lipinski definition) is 3. The Bertz CT molecular complexity index is 1430. The third kappa shape index (κ3) is 3.04. The van der Waals surface area contributed by atoms with Crippen molar-refractivity contribution >= 4 is 32.5 Å². The van der Waals surface area contributed by atoms with Crippen LogP contribution < -0.4 is 10.0 Å². The molecule has 31 heavy (non-hydrogen) atoms. The van der Waals surface area contributed by atoms with Gasteiger partial charge in [0.15, 0.2) is 5.60 Å². The summed E-state index contributed by atoms with van der Waals surface area (Å²) in [7, 11) is -3.88. The van der Waals surface area contributed by atoms with Gasteiger partial charge in [0.1, 0.15) is 0 Å². The molecule has 3 aromatic carbocycles. The van der Waals surface area contributed by atoms with Crippen molar-refractivity contribution < 1.29 is 18.3 Å². The largest absolute Gasteiger partial charge is 0.372 e. The second-order valence-corrected chi connectivity index (χ2v) is 9.15. The molecule has 1 aliphatic rings. The van der Waals surface area contributed by atoms with Gasteiger partial charge in [-0.15, -0.1) is 0 Å². The van der Waals surface area contributed by atoms with Crippen LogP contribution in [0.3, 0.4) is 0 Å². The maximum atomic E-state index is 13.5. The Kier molecular flexibility index (Phi) is 4.26. The molecule has 156 valence electrons. The normalized spacial score (nSPS) is 18.5. The van der Waals surface area contributed by atoms with Crippen LogP contribution in [0, 0.1) is 0 Å². The lowest BCUT2D eigenvalue weighted by Gasteiger charge is -2.24. The SMILES string of the molecule is NS(=O)(=O)c1ccc(C2(O)C(=O)N(Cc3ccc4[nH]ccc4c3)c3ccccc32)cc1. The van der Waals surface area contributed by atoms with E-state index < -0.39 is 21.5 Å². The van der Waals surface area contributed by atoms with Crippen LogP contribution in [0.4, 0.5) is 5.69 Å². The number of aromatic nitrogens is 1. The number of primary sulfonamides is 1. The van der Waals surface area contributed by atoms with Gasteiger partial charge >= 0.3 is 0 Å². The van der Waals surface area contributed by atoms with Crippen molar-refractivity contribution in [1.29, 1.82) is 0 Å². The molecule has 4 aromatic rings. The molecule has 1 amide bonds. The van der Waals surface area contributed by atoms with Gasteiger partial charge in [-0.25, -0.2) is 13.6 Å². The van der Waals surface area contributed by atoms with E-state index >= 15 is 0 Å². The Hall–Kier alpha value is -3.46. The number of H-pyrrole nitrogens is 1. The number of nitrogens with two attached hydrogens (primary N) is 1. The molecule has 1 atom stereocenters. The fourth-order valence-electron chi connectivity index (χ4n) is 4.14. The molecule has 2 heterocycles. The van der Waals surface area contributed by atoms with Gasteiger partial charge in [-0.2, -0.15) is 0 Å². The average molecular weight is 433 g/mol. The van der Waals surface area contributed by atoms with E-state index in [2.05, 4.69) is 4.98 Å². The fourth-order valence-corrected chi connectivity index (χ4v) is 4.66. The summed E-state index contributed by atoms with van der Waals surface area (Å²) in [6.45, 7) is 0.286. The number of fused-ring (bicyclic) bond motifs is 2. The van der Waals surface area contributed by atoms with E-state index in [1.807, 2.05) is 36.5 Å². The van der Waals surface area contributed by atoms with Crippen LogP contribution in [0.5, 0.6) is 0 Å². The highest BCUT2D eigenvalue weighted by atomic mass is 32.2. The standard InChI is InChI=1S/C23H19N3O4S/c24-31(29,30)18-8-6-17(7-9-18)23(28)19-3-1-2-4-21(19)26(22(23)27)14-15-5-10-20-16(13-15)11-12-25-20/h1-13,25,28H,14H2,(H2,24,29,30). The Balaban J connectivity index is 1.57. The zero-order chi connectivity index (χ0) is 21.8. The second-order valence-electron chi connectivity index (χ2n) is 7.59. The van der Waals surface area contributed by atoms with Crippen LogP contribution in [0.1, 0.15) is 16.7 Å². The maximum absolute atomic E-state index is 13.5. The van der Waals surface area contributed by atoms with Crippen molar-refractivity contribution in [2.45, 2.75) is 17.0 Å². The molecule has 0 saturated carbocycles. The first-order chi connectivity index (χ1) is 14.8. The number of carbonyl (C=O) groups excluding carboxylic acids is 1. The summed E-state index contributed by atoms with van der Waals surface area (Å²) < 4.78 is 23.1. The van der Waals surface area contributed by atoms with Crippen LogP contribution in [0.25, 0.3) is 10.9 Å². The Morgan fingerprint density at radius 3 is 2.48 bits per heavy atom. The van der Waals surface area contributed by atoms with E-state index in [1.165, 1.54) is 24.3 Å². The van der Waals surface area contributed by atoms with Gasteiger partial charge in [-0.05, 0) is 52.9 Å². The van der Waals surface area contributed by atoms with Crippen LogP contribution in [-0.2, 0) is 27.0 Å². The quantitative estimate of drug-likeness (QED) is 0.459.